The molecule has 2 rings (SSSR count). The number of aromatic amines is 1. The lowest BCUT2D eigenvalue weighted by molar-refractivity contribution is 0.316. The van der Waals surface area contributed by atoms with Gasteiger partial charge in [-0.2, -0.15) is 5.26 Å². The molecule has 1 N–H and O–H groups in total. The van der Waals surface area contributed by atoms with Crippen LogP contribution in [0.25, 0.3) is 11.1 Å². The standard InChI is InChI=1S/C16H14BrIN2O2/c1-3-4-22-15-12(6-10(17)7-14(15)18)11-5-9(2)20-16(21)13(11)8-19/h5-7H,3-4H2,1-2H3,(H,20,21). The van der Waals surface area contributed by atoms with E-state index in [1.54, 1.807) is 13.0 Å². The van der Waals surface area contributed by atoms with Gasteiger partial charge in [0.05, 0.1) is 10.2 Å². The average Bonchev–Trinajstić information content (AvgIpc) is 2.45. The van der Waals surface area contributed by atoms with E-state index in [-0.39, 0.29) is 11.1 Å². The number of pyridine rings is 1. The fourth-order valence-electron chi connectivity index (χ4n) is 2.12. The summed E-state index contributed by atoms with van der Waals surface area (Å²) in [6, 6.07) is 7.62. The van der Waals surface area contributed by atoms with Crippen LogP contribution in [0.2, 0.25) is 0 Å². The van der Waals surface area contributed by atoms with Gasteiger partial charge in [0.15, 0.2) is 0 Å². The normalized spacial score (nSPS) is 10.3. The SMILES string of the molecule is CCCOc1c(I)cc(Br)cc1-c1cc(C)[nH]c(=O)c1C#N. The molecule has 0 aliphatic heterocycles. The highest BCUT2D eigenvalue weighted by Crippen LogP contribution is 2.38. The first-order valence-electron chi connectivity index (χ1n) is 6.74. The largest absolute Gasteiger partial charge is 0.492 e. The predicted molar refractivity (Wildman–Crippen MR) is 98.2 cm³/mol. The Morgan fingerprint density at radius 2 is 2.09 bits per heavy atom. The van der Waals surface area contributed by atoms with E-state index in [1.807, 2.05) is 25.1 Å². The number of nitrogens with one attached hydrogen (secondary N) is 1. The van der Waals surface area contributed by atoms with Gasteiger partial charge in [-0.15, -0.1) is 0 Å². The van der Waals surface area contributed by atoms with E-state index in [2.05, 4.69) is 43.5 Å². The maximum atomic E-state index is 12.0. The van der Waals surface area contributed by atoms with Crippen molar-refractivity contribution < 1.29 is 4.74 Å². The smallest absolute Gasteiger partial charge is 0.266 e. The van der Waals surface area contributed by atoms with Crippen LogP contribution >= 0.6 is 38.5 Å². The Balaban J connectivity index is 2.77. The molecule has 0 amide bonds. The Kier molecular flexibility index (Phi) is 5.64. The summed E-state index contributed by atoms with van der Waals surface area (Å²) in [4.78, 5) is 14.7. The second-order valence-electron chi connectivity index (χ2n) is 4.79. The van der Waals surface area contributed by atoms with Gasteiger partial charge in [-0.25, -0.2) is 0 Å². The summed E-state index contributed by atoms with van der Waals surface area (Å²) in [6.45, 7) is 4.40. The molecule has 2 aromatic rings. The van der Waals surface area contributed by atoms with Gasteiger partial charge in [-0.05, 0) is 54.1 Å². The van der Waals surface area contributed by atoms with E-state index in [0.29, 0.717) is 23.6 Å². The zero-order chi connectivity index (χ0) is 16.3. The van der Waals surface area contributed by atoms with Gasteiger partial charge in [0, 0.05) is 21.3 Å². The number of halogens is 2. The van der Waals surface area contributed by atoms with Crippen LogP contribution in [-0.2, 0) is 0 Å². The summed E-state index contributed by atoms with van der Waals surface area (Å²) in [5.74, 6) is 0.701. The number of nitriles is 1. The van der Waals surface area contributed by atoms with Crippen molar-refractivity contribution in [1.82, 2.24) is 4.98 Å². The van der Waals surface area contributed by atoms with Crippen molar-refractivity contribution in [2.45, 2.75) is 20.3 Å². The number of benzene rings is 1. The third kappa shape index (κ3) is 3.52. The number of hydrogen-bond donors (Lipinski definition) is 1. The Labute approximate surface area is 150 Å². The molecule has 0 fully saturated rings. The van der Waals surface area contributed by atoms with Gasteiger partial charge in [-0.1, -0.05) is 22.9 Å². The van der Waals surface area contributed by atoms with Crippen LogP contribution in [0, 0.1) is 21.8 Å². The monoisotopic (exact) mass is 472 g/mol. The van der Waals surface area contributed by atoms with Crippen molar-refractivity contribution >= 4 is 38.5 Å². The zero-order valence-corrected chi connectivity index (χ0v) is 15.9. The molecule has 114 valence electrons. The molecule has 0 saturated heterocycles. The van der Waals surface area contributed by atoms with Crippen molar-refractivity contribution in [2.24, 2.45) is 0 Å². The zero-order valence-electron chi connectivity index (χ0n) is 12.2. The Hall–Kier alpha value is -1.33. The van der Waals surface area contributed by atoms with Gasteiger partial charge in [0.2, 0.25) is 0 Å². The van der Waals surface area contributed by atoms with Gasteiger partial charge < -0.3 is 9.72 Å². The molecule has 0 radical (unpaired) electrons. The van der Waals surface area contributed by atoms with Crippen LogP contribution in [0.3, 0.4) is 0 Å². The molecular weight excluding hydrogens is 459 g/mol. The summed E-state index contributed by atoms with van der Waals surface area (Å²) in [5, 5.41) is 9.33. The van der Waals surface area contributed by atoms with Crippen LogP contribution < -0.4 is 10.3 Å². The molecule has 0 saturated carbocycles. The highest BCUT2D eigenvalue weighted by molar-refractivity contribution is 14.1. The summed E-state index contributed by atoms with van der Waals surface area (Å²) in [6.07, 6.45) is 0.880. The lowest BCUT2D eigenvalue weighted by Gasteiger charge is -2.15. The van der Waals surface area contributed by atoms with Crippen molar-refractivity contribution in [3.05, 3.63) is 47.9 Å². The first kappa shape index (κ1) is 17.0. The number of aryl methyl sites for hydroxylation is 1. The Bertz CT molecular complexity index is 809. The highest BCUT2D eigenvalue weighted by Gasteiger charge is 2.17. The molecule has 22 heavy (non-hydrogen) atoms. The molecule has 0 unspecified atom stereocenters. The third-order valence-electron chi connectivity index (χ3n) is 3.03. The van der Waals surface area contributed by atoms with Crippen LogP contribution in [0.1, 0.15) is 24.6 Å². The van der Waals surface area contributed by atoms with E-state index >= 15 is 0 Å². The van der Waals surface area contributed by atoms with E-state index in [9.17, 15) is 10.1 Å². The van der Waals surface area contributed by atoms with E-state index in [4.69, 9.17) is 4.74 Å². The van der Waals surface area contributed by atoms with Gasteiger partial charge in [0.1, 0.15) is 17.4 Å². The number of nitrogens with zero attached hydrogens (tertiary/aromatic N) is 1. The molecule has 0 aliphatic rings. The highest BCUT2D eigenvalue weighted by atomic mass is 127. The minimum atomic E-state index is -0.381. The fraction of sp³-hybridized carbons (Fsp3) is 0.250. The molecule has 6 heteroatoms. The molecule has 0 aliphatic carbocycles. The van der Waals surface area contributed by atoms with E-state index in [0.717, 1.165) is 20.0 Å². The molecule has 0 bridgehead atoms. The lowest BCUT2D eigenvalue weighted by atomic mass is 10.00. The molecule has 0 atom stereocenters. The summed E-state index contributed by atoms with van der Waals surface area (Å²) >= 11 is 5.66. The summed E-state index contributed by atoms with van der Waals surface area (Å²) < 4.78 is 7.66. The first-order valence-corrected chi connectivity index (χ1v) is 8.61. The van der Waals surface area contributed by atoms with Crippen LogP contribution in [-0.4, -0.2) is 11.6 Å². The van der Waals surface area contributed by atoms with Crippen molar-refractivity contribution in [3.63, 3.8) is 0 Å². The fourth-order valence-corrected chi connectivity index (χ4v) is 3.79. The second kappa shape index (κ2) is 7.29. The van der Waals surface area contributed by atoms with Crippen molar-refractivity contribution in [3.8, 4) is 22.9 Å². The predicted octanol–water partition coefficient (Wildman–Crippen LogP) is 4.38. The van der Waals surface area contributed by atoms with Gasteiger partial charge >= 0.3 is 0 Å². The number of ether oxygens (including phenoxy) is 1. The Morgan fingerprint density at radius 3 is 2.73 bits per heavy atom. The molecule has 1 heterocycles. The van der Waals surface area contributed by atoms with Crippen molar-refractivity contribution in [1.29, 1.82) is 5.26 Å². The molecule has 1 aromatic heterocycles. The van der Waals surface area contributed by atoms with E-state index in [1.165, 1.54) is 0 Å². The number of hydrogen-bond acceptors (Lipinski definition) is 3. The first-order chi connectivity index (χ1) is 10.5. The lowest BCUT2D eigenvalue weighted by Crippen LogP contribution is -2.13. The van der Waals surface area contributed by atoms with Crippen LogP contribution in [0.5, 0.6) is 5.75 Å². The molecular formula is C16H14BrIN2O2. The summed E-state index contributed by atoms with van der Waals surface area (Å²) in [5.41, 5.74) is 1.76. The third-order valence-corrected chi connectivity index (χ3v) is 4.29. The average molecular weight is 473 g/mol. The molecule has 4 nitrogen and oxygen atoms in total. The maximum absolute atomic E-state index is 12.0. The molecule has 1 aromatic carbocycles. The second-order valence-corrected chi connectivity index (χ2v) is 6.87. The Morgan fingerprint density at radius 1 is 1.36 bits per heavy atom. The van der Waals surface area contributed by atoms with E-state index < -0.39 is 0 Å². The van der Waals surface area contributed by atoms with Gasteiger partial charge in [0.25, 0.3) is 5.56 Å². The maximum Gasteiger partial charge on any atom is 0.266 e. The molecule has 0 spiro atoms. The minimum Gasteiger partial charge on any atom is -0.492 e. The quantitative estimate of drug-likeness (QED) is 0.671. The van der Waals surface area contributed by atoms with Crippen LogP contribution in [0.4, 0.5) is 0 Å². The number of H-pyrrole nitrogens is 1. The topological polar surface area (TPSA) is 65.9 Å². The van der Waals surface area contributed by atoms with Gasteiger partial charge in [-0.3, -0.25) is 4.79 Å². The number of aromatic nitrogens is 1. The summed E-state index contributed by atoms with van der Waals surface area (Å²) in [7, 11) is 0. The van der Waals surface area contributed by atoms with Crippen LogP contribution in [0.15, 0.2) is 27.5 Å². The number of rotatable bonds is 4. The minimum absolute atomic E-state index is 0.0980. The van der Waals surface area contributed by atoms with Crippen molar-refractivity contribution in [2.75, 3.05) is 6.61 Å².